The highest BCUT2D eigenvalue weighted by Crippen LogP contribution is 2.13. The van der Waals surface area contributed by atoms with Crippen molar-refractivity contribution < 1.29 is 9.53 Å². The third-order valence-corrected chi connectivity index (χ3v) is 2.24. The van der Waals surface area contributed by atoms with Crippen molar-refractivity contribution in [2.24, 2.45) is 0 Å². The zero-order chi connectivity index (χ0) is 12.8. The van der Waals surface area contributed by atoms with E-state index in [1.165, 1.54) is 7.11 Å². The lowest BCUT2D eigenvalue weighted by molar-refractivity contribution is 0.0601. The number of pyridine rings is 1. The number of anilines is 1. The van der Waals surface area contributed by atoms with Crippen LogP contribution < -0.4 is 5.32 Å². The molecule has 0 fully saturated rings. The van der Waals surface area contributed by atoms with Crippen molar-refractivity contribution in [3.63, 3.8) is 0 Å². The van der Waals surface area contributed by atoms with Gasteiger partial charge in [-0.3, -0.25) is 0 Å². The maximum Gasteiger partial charge on any atom is 0.341 e. The highest BCUT2D eigenvalue weighted by Gasteiger charge is 2.14. The first kappa shape index (κ1) is 13.4. The standard InChI is InChI=1S/C12H19N3O2/c1-9(8-15(2)3)14-11-10(12(16)17-4)6-5-7-13-11/h5-7,9H,8H2,1-4H3,(H,13,14). The van der Waals surface area contributed by atoms with E-state index < -0.39 is 0 Å². The number of hydrogen-bond donors (Lipinski definition) is 1. The van der Waals surface area contributed by atoms with Crippen LogP contribution in [0.15, 0.2) is 18.3 Å². The lowest BCUT2D eigenvalue weighted by atomic mass is 10.2. The number of methoxy groups -OCH3 is 1. The van der Waals surface area contributed by atoms with E-state index in [1.54, 1.807) is 18.3 Å². The predicted octanol–water partition coefficient (Wildman–Crippen LogP) is 1.23. The second-order valence-electron chi connectivity index (χ2n) is 4.20. The number of carbonyl (C=O) groups excluding carboxylic acids is 1. The molecular formula is C12H19N3O2. The number of esters is 1. The lowest BCUT2D eigenvalue weighted by Gasteiger charge is -2.19. The van der Waals surface area contributed by atoms with E-state index in [9.17, 15) is 4.79 Å². The Kier molecular flexibility index (Phi) is 4.90. The Hall–Kier alpha value is -1.62. The fraction of sp³-hybridized carbons (Fsp3) is 0.500. The molecule has 0 saturated carbocycles. The van der Waals surface area contributed by atoms with Gasteiger partial charge in [0.15, 0.2) is 0 Å². The summed E-state index contributed by atoms with van der Waals surface area (Å²) in [6.45, 7) is 2.90. The van der Waals surface area contributed by atoms with Crippen LogP contribution in [0.2, 0.25) is 0 Å². The molecule has 0 spiro atoms. The molecule has 0 bridgehead atoms. The van der Waals surface area contributed by atoms with Crippen LogP contribution in [0.5, 0.6) is 0 Å². The highest BCUT2D eigenvalue weighted by atomic mass is 16.5. The van der Waals surface area contributed by atoms with Gasteiger partial charge in [-0.15, -0.1) is 0 Å². The summed E-state index contributed by atoms with van der Waals surface area (Å²) >= 11 is 0. The number of ether oxygens (including phenoxy) is 1. The number of hydrogen-bond acceptors (Lipinski definition) is 5. The summed E-state index contributed by atoms with van der Waals surface area (Å²) in [5.41, 5.74) is 0.459. The van der Waals surface area contributed by atoms with Crippen molar-refractivity contribution in [2.75, 3.05) is 33.1 Å². The Morgan fingerprint density at radius 1 is 1.59 bits per heavy atom. The third-order valence-electron chi connectivity index (χ3n) is 2.24. The second-order valence-corrected chi connectivity index (χ2v) is 4.20. The molecule has 1 heterocycles. The molecule has 1 aromatic rings. The van der Waals surface area contributed by atoms with Gasteiger partial charge in [-0.1, -0.05) is 0 Å². The predicted molar refractivity (Wildman–Crippen MR) is 67.2 cm³/mol. The van der Waals surface area contributed by atoms with E-state index in [4.69, 9.17) is 4.74 Å². The Bertz CT molecular complexity index is 380. The quantitative estimate of drug-likeness (QED) is 0.781. The molecule has 1 unspecified atom stereocenters. The van der Waals surface area contributed by atoms with Gasteiger partial charge in [0.2, 0.25) is 0 Å². The van der Waals surface area contributed by atoms with Crippen molar-refractivity contribution in [3.05, 3.63) is 23.9 Å². The highest BCUT2D eigenvalue weighted by molar-refractivity contribution is 5.94. The van der Waals surface area contributed by atoms with Crippen molar-refractivity contribution >= 4 is 11.8 Å². The molecular weight excluding hydrogens is 218 g/mol. The second kappa shape index (κ2) is 6.20. The number of likely N-dealkylation sites (N-methyl/N-ethyl adjacent to an activating group) is 1. The SMILES string of the molecule is COC(=O)c1cccnc1NC(C)CN(C)C. The Morgan fingerprint density at radius 3 is 2.88 bits per heavy atom. The first-order valence-electron chi connectivity index (χ1n) is 5.49. The van der Waals surface area contributed by atoms with Gasteiger partial charge < -0.3 is 15.0 Å². The smallest absolute Gasteiger partial charge is 0.341 e. The third kappa shape index (κ3) is 4.03. The van der Waals surface area contributed by atoms with Crippen molar-refractivity contribution in [3.8, 4) is 0 Å². The van der Waals surface area contributed by atoms with Gasteiger partial charge in [0, 0.05) is 18.8 Å². The molecule has 94 valence electrons. The summed E-state index contributed by atoms with van der Waals surface area (Å²) in [6.07, 6.45) is 1.65. The molecule has 0 radical (unpaired) electrons. The van der Waals surface area contributed by atoms with E-state index in [0.717, 1.165) is 6.54 Å². The molecule has 1 rings (SSSR count). The topological polar surface area (TPSA) is 54.5 Å². The number of aromatic nitrogens is 1. The van der Waals surface area contributed by atoms with Crippen LogP contribution in [0.4, 0.5) is 5.82 Å². The van der Waals surface area contributed by atoms with Crippen molar-refractivity contribution in [1.82, 2.24) is 9.88 Å². The minimum Gasteiger partial charge on any atom is -0.465 e. The maximum atomic E-state index is 11.5. The number of carbonyl (C=O) groups is 1. The molecule has 0 aliphatic rings. The fourth-order valence-electron chi connectivity index (χ4n) is 1.62. The summed E-state index contributed by atoms with van der Waals surface area (Å²) in [7, 11) is 5.36. The van der Waals surface area contributed by atoms with Crippen molar-refractivity contribution in [1.29, 1.82) is 0 Å². The number of nitrogens with zero attached hydrogens (tertiary/aromatic N) is 2. The van der Waals surface area contributed by atoms with Crippen LogP contribution in [0.1, 0.15) is 17.3 Å². The molecule has 1 atom stereocenters. The molecule has 5 heteroatoms. The molecule has 0 aliphatic heterocycles. The Balaban J connectivity index is 2.80. The minimum atomic E-state index is -0.377. The van der Waals surface area contributed by atoms with Gasteiger partial charge in [0.25, 0.3) is 0 Å². The molecule has 1 aromatic heterocycles. The zero-order valence-electron chi connectivity index (χ0n) is 10.7. The maximum absolute atomic E-state index is 11.5. The van der Waals surface area contributed by atoms with Gasteiger partial charge in [0.1, 0.15) is 11.4 Å². The summed E-state index contributed by atoms with van der Waals surface area (Å²) in [4.78, 5) is 17.8. The number of rotatable bonds is 5. The van der Waals surface area contributed by atoms with Crippen LogP contribution in [0.3, 0.4) is 0 Å². The monoisotopic (exact) mass is 237 g/mol. The van der Waals surface area contributed by atoms with E-state index >= 15 is 0 Å². The van der Waals surface area contributed by atoms with Gasteiger partial charge in [-0.05, 0) is 33.2 Å². The summed E-state index contributed by atoms with van der Waals surface area (Å²) in [5.74, 6) is 0.186. The number of nitrogens with one attached hydrogen (secondary N) is 1. The molecule has 17 heavy (non-hydrogen) atoms. The van der Waals surface area contributed by atoms with Gasteiger partial charge in [0.05, 0.1) is 7.11 Å². The van der Waals surface area contributed by atoms with Crippen LogP contribution >= 0.6 is 0 Å². The summed E-state index contributed by atoms with van der Waals surface area (Å²) in [6, 6.07) is 3.61. The molecule has 0 aliphatic carbocycles. The first-order valence-corrected chi connectivity index (χ1v) is 5.49. The average Bonchev–Trinajstić information content (AvgIpc) is 2.27. The zero-order valence-corrected chi connectivity index (χ0v) is 10.7. The normalized spacial score (nSPS) is 12.3. The molecule has 0 saturated heterocycles. The largest absolute Gasteiger partial charge is 0.465 e. The van der Waals surface area contributed by atoms with E-state index in [-0.39, 0.29) is 12.0 Å². The van der Waals surface area contributed by atoms with Crippen LogP contribution in [-0.2, 0) is 4.74 Å². The average molecular weight is 237 g/mol. The first-order chi connectivity index (χ1) is 8.04. The van der Waals surface area contributed by atoms with Gasteiger partial charge in [-0.2, -0.15) is 0 Å². The summed E-state index contributed by atoms with van der Waals surface area (Å²) in [5, 5.41) is 3.20. The molecule has 0 amide bonds. The molecule has 0 aromatic carbocycles. The van der Waals surface area contributed by atoms with Gasteiger partial charge >= 0.3 is 5.97 Å². The lowest BCUT2D eigenvalue weighted by Crippen LogP contribution is -2.30. The van der Waals surface area contributed by atoms with Crippen LogP contribution in [0.25, 0.3) is 0 Å². The minimum absolute atomic E-state index is 0.198. The fourth-order valence-corrected chi connectivity index (χ4v) is 1.62. The molecule has 5 nitrogen and oxygen atoms in total. The van der Waals surface area contributed by atoms with E-state index in [0.29, 0.717) is 11.4 Å². The van der Waals surface area contributed by atoms with E-state index in [1.807, 2.05) is 21.0 Å². The van der Waals surface area contributed by atoms with Crippen LogP contribution in [0, 0.1) is 0 Å². The summed E-state index contributed by atoms with van der Waals surface area (Å²) < 4.78 is 4.71. The van der Waals surface area contributed by atoms with E-state index in [2.05, 4.69) is 15.2 Å². The van der Waals surface area contributed by atoms with Crippen molar-refractivity contribution in [2.45, 2.75) is 13.0 Å². The Morgan fingerprint density at radius 2 is 2.29 bits per heavy atom. The van der Waals surface area contributed by atoms with Gasteiger partial charge in [-0.25, -0.2) is 9.78 Å². The Labute approximate surface area is 102 Å². The van der Waals surface area contributed by atoms with Crippen LogP contribution in [-0.4, -0.2) is 49.6 Å². The molecule has 1 N–H and O–H groups in total.